The van der Waals surface area contributed by atoms with Gasteiger partial charge in [-0.1, -0.05) is 0 Å². The lowest BCUT2D eigenvalue weighted by atomic mass is 10.1. The fourth-order valence-corrected chi connectivity index (χ4v) is 2.49. The first kappa shape index (κ1) is 17.5. The first-order valence-corrected chi connectivity index (χ1v) is 7.25. The number of urea groups is 1. The quantitative estimate of drug-likeness (QED) is 0.906. The van der Waals surface area contributed by atoms with Gasteiger partial charge in [-0.05, 0) is 38.0 Å². The predicted molar refractivity (Wildman–Crippen MR) is 77.8 cm³/mol. The summed E-state index contributed by atoms with van der Waals surface area (Å²) in [5, 5.41) is 2.66. The molecule has 2 amide bonds. The molecule has 0 saturated carbocycles. The van der Waals surface area contributed by atoms with E-state index in [-0.39, 0.29) is 13.1 Å². The molecule has 0 unspecified atom stereocenters. The van der Waals surface area contributed by atoms with Crippen molar-refractivity contribution in [3.05, 3.63) is 29.6 Å². The molecule has 1 N–H and O–H groups in total. The molecule has 5 nitrogen and oxygen atoms in total. The molecule has 8 heteroatoms. The van der Waals surface area contributed by atoms with Crippen molar-refractivity contribution in [2.24, 2.45) is 0 Å². The van der Waals surface area contributed by atoms with Crippen molar-refractivity contribution in [3.63, 3.8) is 0 Å². The van der Waals surface area contributed by atoms with E-state index in [0.29, 0.717) is 0 Å². The molecule has 0 spiro atoms. The highest BCUT2D eigenvalue weighted by Crippen LogP contribution is 2.31. The number of nitrogens with one attached hydrogen (secondary N) is 1. The number of pyridine rings is 1. The molecule has 1 aromatic heterocycles. The molecule has 1 fully saturated rings. The van der Waals surface area contributed by atoms with Gasteiger partial charge in [-0.3, -0.25) is 4.98 Å². The van der Waals surface area contributed by atoms with Crippen LogP contribution in [0.25, 0.3) is 0 Å². The summed E-state index contributed by atoms with van der Waals surface area (Å²) in [5.74, 6) is 0. The zero-order valence-corrected chi connectivity index (χ0v) is 13.3. The zero-order chi connectivity index (χ0) is 17.3. The highest BCUT2D eigenvalue weighted by molar-refractivity contribution is 5.74. The van der Waals surface area contributed by atoms with Crippen molar-refractivity contribution in [1.82, 2.24) is 15.2 Å². The van der Waals surface area contributed by atoms with E-state index in [0.717, 1.165) is 16.0 Å². The lowest BCUT2D eigenvalue weighted by Crippen LogP contribution is -2.60. The summed E-state index contributed by atoms with van der Waals surface area (Å²) in [7, 11) is 0. The smallest absolute Gasteiger partial charge is 0.359 e. The molecule has 1 aromatic rings. The average molecular weight is 331 g/mol. The van der Waals surface area contributed by atoms with Gasteiger partial charge in [0.15, 0.2) is 6.10 Å². The van der Waals surface area contributed by atoms with Gasteiger partial charge in [0.1, 0.15) is 0 Å². The monoisotopic (exact) mass is 331 g/mol. The number of halogens is 3. The van der Waals surface area contributed by atoms with E-state index in [1.165, 1.54) is 13.8 Å². The maximum Gasteiger partial charge on any atom is 0.416 e. The van der Waals surface area contributed by atoms with Crippen LogP contribution in [0.4, 0.5) is 18.0 Å². The fourth-order valence-electron chi connectivity index (χ4n) is 2.49. The molecule has 0 bridgehead atoms. The Kier molecular flexibility index (Phi) is 4.84. The van der Waals surface area contributed by atoms with Gasteiger partial charge in [0.25, 0.3) is 0 Å². The number of hydrogen-bond acceptors (Lipinski definition) is 3. The fraction of sp³-hybridized carbons (Fsp3) is 0.600. The molecule has 23 heavy (non-hydrogen) atoms. The topological polar surface area (TPSA) is 54.5 Å². The summed E-state index contributed by atoms with van der Waals surface area (Å²) < 4.78 is 43.8. The van der Waals surface area contributed by atoms with Gasteiger partial charge in [-0.15, -0.1) is 0 Å². The molecule has 1 atom stereocenters. The number of morpholine rings is 1. The number of aromatic nitrogens is 1. The number of amides is 2. The van der Waals surface area contributed by atoms with Crippen LogP contribution in [-0.2, 0) is 11.3 Å². The van der Waals surface area contributed by atoms with Crippen molar-refractivity contribution in [2.75, 3.05) is 13.1 Å². The van der Waals surface area contributed by atoms with Crippen molar-refractivity contribution >= 4 is 6.03 Å². The Hall–Kier alpha value is -1.83. The van der Waals surface area contributed by atoms with Crippen molar-refractivity contribution in [2.45, 2.75) is 45.2 Å². The lowest BCUT2D eigenvalue weighted by molar-refractivity contribution is -0.267. The third-order valence-corrected chi connectivity index (χ3v) is 3.64. The lowest BCUT2D eigenvalue weighted by Gasteiger charge is -2.43. The van der Waals surface area contributed by atoms with E-state index in [1.54, 1.807) is 18.5 Å². The second-order valence-corrected chi connectivity index (χ2v) is 6.25. The first-order valence-electron chi connectivity index (χ1n) is 7.25. The van der Waals surface area contributed by atoms with Crippen LogP contribution in [-0.4, -0.2) is 46.9 Å². The van der Waals surface area contributed by atoms with Gasteiger partial charge in [-0.2, -0.15) is 13.2 Å². The number of alkyl halides is 3. The first-order chi connectivity index (χ1) is 10.6. The number of ether oxygens (including phenoxy) is 1. The van der Waals surface area contributed by atoms with E-state index >= 15 is 0 Å². The van der Waals surface area contributed by atoms with Crippen LogP contribution in [0.5, 0.6) is 0 Å². The Morgan fingerprint density at radius 3 is 2.83 bits per heavy atom. The maximum absolute atomic E-state index is 12.9. The normalized spacial score (nSPS) is 21.1. The second kappa shape index (κ2) is 6.35. The zero-order valence-electron chi connectivity index (χ0n) is 13.3. The van der Waals surface area contributed by atoms with Crippen LogP contribution in [0.2, 0.25) is 0 Å². The third-order valence-electron chi connectivity index (χ3n) is 3.64. The standard InChI is InChI=1S/C15H20F3N3O2/c1-10-6-19-5-4-11(10)7-20-13(22)21-8-12(15(16,17)18)23-14(2,3)9-21/h4-6,12H,7-9H2,1-3H3,(H,20,22)/t12-/m0/s1. The van der Waals surface area contributed by atoms with Crippen LogP contribution in [0.1, 0.15) is 25.0 Å². The number of rotatable bonds is 2. The minimum absolute atomic E-state index is 0.0980. The van der Waals surface area contributed by atoms with Gasteiger partial charge < -0.3 is 15.0 Å². The number of nitrogens with zero attached hydrogens (tertiary/aromatic N) is 2. The van der Waals surface area contributed by atoms with E-state index in [9.17, 15) is 18.0 Å². The molecular weight excluding hydrogens is 311 g/mol. The van der Waals surface area contributed by atoms with Gasteiger partial charge >= 0.3 is 12.2 Å². The molecular formula is C15H20F3N3O2. The SMILES string of the molecule is Cc1cnccc1CNC(=O)N1C[C@@H](C(F)(F)F)OC(C)(C)C1. The highest BCUT2D eigenvalue weighted by atomic mass is 19.4. The Morgan fingerprint density at radius 2 is 2.22 bits per heavy atom. The Morgan fingerprint density at radius 1 is 1.52 bits per heavy atom. The summed E-state index contributed by atoms with van der Waals surface area (Å²) in [6, 6.07) is 1.23. The van der Waals surface area contributed by atoms with Gasteiger partial charge in [0, 0.05) is 18.9 Å². The number of aryl methyl sites for hydroxylation is 1. The van der Waals surface area contributed by atoms with Crippen LogP contribution in [0.3, 0.4) is 0 Å². The van der Waals surface area contributed by atoms with E-state index in [2.05, 4.69) is 10.3 Å². The largest absolute Gasteiger partial charge is 0.416 e. The summed E-state index contributed by atoms with van der Waals surface area (Å²) in [5.41, 5.74) is 0.721. The Balaban J connectivity index is 2.02. The van der Waals surface area contributed by atoms with Crippen LogP contribution < -0.4 is 5.32 Å². The molecule has 0 radical (unpaired) electrons. The van der Waals surface area contributed by atoms with E-state index in [1.807, 2.05) is 6.92 Å². The Labute approximate surface area is 132 Å². The molecule has 2 rings (SSSR count). The predicted octanol–water partition coefficient (Wildman–Crippen LogP) is 2.64. The molecule has 0 aliphatic carbocycles. The minimum atomic E-state index is -4.50. The van der Waals surface area contributed by atoms with E-state index < -0.39 is 30.5 Å². The average Bonchev–Trinajstić information content (AvgIpc) is 2.43. The van der Waals surface area contributed by atoms with Gasteiger partial charge in [0.2, 0.25) is 0 Å². The highest BCUT2D eigenvalue weighted by Gasteiger charge is 2.49. The van der Waals surface area contributed by atoms with Gasteiger partial charge in [-0.25, -0.2) is 4.79 Å². The number of carbonyl (C=O) groups is 1. The number of carbonyl (C=O) groups excluding carboxylic acids is 1. The van der Waals surface area contributed by atoms with Crippen molar-refractivity contribution < 1.29 is 22.7 Å². The molecule has 1 saturated heterocycles. The second-order valence-electron chi connectivity index (χ2n) is 6.25. The maximum atomic E-state index is 12.9. The van der Waals surface area contributed by atoms with Crippen LogP contribution in [0, 0.1) is 6.92 Å². The molecule has 1 aliphatic heterocycles. The summed E-state index contributed by atoms with van der Waals surface area (Å²) >= 11 is 0. The molecule has 0 aromatic carbocycles. The Bertz CT molecular complexity index is 575. The van der Waals surface area contributed by atoms with Gasteiger partial charge in [0.05, 0.1) is 18.7 Å². The third kappa shape index (κ3) is 4.57. The molecule has 2 heterocycles. The molecule has 128 valence electrons. The van der Waals surface area contributed by atoms with Crippen molar-refractivity contribution in [1.29, 1.82) is 0 Å². The van der Waals surface area contributed by atoms with Crippen LogP contribution in [0.15, 0.2) is 18.5 Å². The van der Waals surface area contributed by atoms with E-state index in [4.69, 9.17) is 4.74 Å². The van der Waals surface area contributed by atoms with Crippen LogP contribution >= 0.6 is 0 Å². The minimum Gasteiger partial charge on any atom is -0.359 e. The van der Waals surface area contributed by atoms with Crippen molar-refractivity contribution in [3.8, 4) is 0 Å². The molecule has 1 aliphatic rings. The summed E-state index contributed by atoms with van der Waals surface area (Å²) in [6.45, 7) is 4.76. The summed E-state index contributed by atoms with van der Waals surface area (Å²) in [6.07, 6.45) is -3.21. The summed E-state index contributed by atoms with van der Waals surface area (Å²) in [4.78, 5) is 17.3. The number of hydrogen-bond donors (Lipinski definition) is 1.